The van der Waals surface area contributed by atoms with E-state index in [0.717, 1.165) is 31.2 Å². The normalized spacial score (nSPS) is 32.8. The summed E-state index contributed by atoms with van der Waals surface area (Å²) in [6.07, 6.45) is 12.6. The van der Waals surface area contributed by atoms with Crippen LogP contribution in [-0.4, -0.2) is 25.3 Å². The summed E-state index contributed by atoms with van der Waals surface area (Å²) in [6, 6.07) is 1.56. The summed E-state index contributed by atoms with van der Waals surface area (Å²) in [4.78, 5) is 0. The Morgan fingerprint density at radius 3 is 2.61 bits per heavy atom. The fourth-order valence-electron chi connectivity index (χ4n) is 4.17. The standard InChI is InChI=1S/C16H29NO/c1-2-14(12-13-5-6-13)17-15-4-3-7-16(15)8-10-18-11-9-16/h13-15,17H,2-12H2,1H3. The van der Waals surface area contributed by atoms with E-state index in [0.29, 0.717) is 5.41 Å². The molecule has 0 bridgehead atoms. The second-order valence-electron chi connectivity index (χ2n) is 6.87. The molecule has 1 saturated heterocycles. The molecule has 0 aromatic carbocycles. The van der Waals surface area contributed by atoms with E-state index in [-0.39, 0.29) is 0 Å². The lowest BCUT2D eigenvalue weighted by Crippen LogP contribution is -2.48. The van der Waals surface area contributed by atoms with Crippen LogP contribution in [0.5, 0.6) is 0 Å². The maximum absolute atomic E-state index is 5.58. The molecule has 2 atom stereocenters. The van der Waals surface area contributed by atoms with Crippen molar-refractivity contribution in [3.05, 3.63) is 0 Å². The van der Waals surface area contributed by atoms with Gasteiger partial charge >= 0.3 is 0 Å². The van der Waals surface area contributed by atoms with E-state index < -0.39 is 0 Å². The van der Waals surface area contributed by atoms with Gasteiger partial charge in [-0.1, -0.05) is 26.2 Å². The van der Waals surface area contributed by atoms with Crippen molar-refractivity contribution in [2.24, 2.45) is 11.3 Å². The summed E-state index contributed by atoms with van der Waals surface area (Å²) in [6.45, 7) is 4.35. The molecule has 0 radical (unpaired) electrons. The van der Waals surface area contributed by atoms with Gasteiger partial charge in [-0.25, -0.2) is 0 Å². The van der Waals surface area contributed by atoms with Crippen LogP contribution in [0.15, 0.2) is 0 Å². The molecule has 0 aromatic rings. The molecule has 104 valence electrons. The average Bonchev–Trinajstić information content (AvgIpc) is 3.14. The van der Waals surface area contributed by atoms with Gasteiger partial charge in [0, 0.05) is 25.3 Å². The Labute approximate surface area is 112 Å². The fourth-order valence-corrected chi connectivity index (χ4v) is 4.17. The molecule has 18 heavy (non-hydrogen) atoms. The first-order valence-electron chi connectivity index (χ1n) is 8.16. The van der Waals surface area contributed by atoms with Crippen molar-refractivity contribution in [2.75, 3.05) is 13.2 Å². The number of hydrogen-bond donors (Lipinski definition) is 1. The van der Waals surface area contributed by atoms with Gasteiger partial charge in [-0.2, -0.15) is 0 Å². The number of nitrogens with one attached hydrogen (secondary N) is 1. The second kappa shape index (κ2) is 5.50. The molecule has 1 spiro atoms. The van der Waals surface area contributed by atoms with Crippen LogP contribution in [0.4, 0.5) is 0 Å². The molecule has 3 rings (SSSR count). The van der Waals surface area contributed by atoms with Gasteiger partial charge in [0.15, 0.2) is 0 Å². The third-order valence-electron chi connectivity index (χ3n) is 5.64. The monoisotopic (exact) mass is 251 g/mol. The Morgan fingerprint density at radius 1 is 1.17 bits per heavy atom. The van der Waals surface area contributed by atoms with Gasteiger partial charge in [0.1, 0.15) is 0 Å². The number of ether oxygens (including phenoxy) is 1. The van der Waals surface area contributed by atoms with Crippen LogP contribution >= 0.6 is 0 Å². The minimum Gasteiger partial charge on any atom is -0.381 e. The molecule has 3 fully saturated rings. The van der Waals surface area contributed by atoms with Crippen LogP contribution in [0.2, 0.25) is 0 Å². The summed E-state index contributed by atoms with van der Waals surface area (Å²) in [7, 11) is 0. The molecule has 2 saturated carbocycles. The van der Waals surface area contributed by atoms with Crippen LogP contribution in [0, 0.1) is 11.3 Å². The first-order valence-corrected chi connectivity index (χ1v) is 8.16. The van der Waals surface area contributed by atoms with Crippen LogP contribution in [0.3, 0.4) is 0 Å². The average molecular weight is 251 g/mol. The number of rotatable bonds is 5. The van der Waals surface area contributed by atoms with Crippen LogP contribution in [0.25, 0.3) is 0 Å². The molecule has 1 N–H and O–H groups in total. The van der Waals surface area contributed by atoms with Gasteiger partial charge in [0.25, 0.3) is 0 Å². The summed E-state index contributed by atoms with van der Waals surface area (Å²) in [5.41, 5.74) is 0.592. The zero-order valence-corrected chi connectivity index (χ0v) is 11.9. The van der Waals surface area contributed by atoms with E-state index >= 15 is 0 Å². The predicted octanol–water partition coefficient (Wildman–Crippen LogP) is 3.50. The van der Waals surface area contributed by atoms with Gasteiger partial charge in [0.2, 0.25) is 0 Å². The summed E-state index contributed by atoms with van der Waals surface area (Å²) < 4.78 is 5.58. The second-order valence-corrected chi connectivity index (χ2v) is 6.87. The van der Waals surface area contributed by atoms with E-state index in [1.165, 1.54) is 57.8 Å². The van der Waals surface area contributed by atoms with Gasteiger partial charge in [-0.15, -0.1) is 0 Å². The van der Waals surface area contributed by atoms with Gasteiger partial charge in [-0.05, 0) is 49.9 Å². The van der Waals surface area contributed by atoms with E-state index in [1.54, 1.807) is 0 Å². The topological polar surface area (TPSA) is 21.3 Å². The fraction of sp³-hybridized carbons (Fsp3) is 1.00. The number of hydrogen-bond acceptors (Lipinski definition) is 2. The molecule has 2 aliphatic carbocycles. The lowest BCUT2D eigenvalue weighted by Gasteiger charge is -2.41. The van der Waals surface area contributed by atoms with Gasteiger partial charge in [0.05, 0.1) is 0 Å². The first kappa shape index (κ1) is 12.9. The molecule has 0 amide bonds. The Hall–Kier alpha value is -0.0800. The third-order valence-corrected chi connectivity index (χ3v) is 5.64. The van der Waals surface area contributed by atoms with Gasteiger partial charge < -0.3 is 10.1 Å². The van der Waals surface area contributed by atoms with E-state index in [1.807, 2.05) is 0 Å². The van der Waals surface area contributed by atoms with Crippen molar-refractivity contribution in [3.8, 4) is 0 Å². The van der Waals surface area contributed by atoms with E-state index in [4.69, 9.17) is 4.74 Å². The van der Waals surface area contributed by atoms with E-state index in [9.17, 15) is 0 Å². The van der Waals surface area contributed by atoms with Crippen molar-refractivity contribution in [3.63, 3.8) is 0 Å². The largest absolute Gasteiger partial charge is 0.381 e. The maximum atomic E-state index is 5.58. The smallest absolute Gasteiger partial charge is 0.0471 e. The zero-order valence-electron chi connectivity index (χ0n) is 11.9. The molecule has 3 aliphatic rings. The molecule has 1 heterocycles. The lowest BCUT2D eigenvalue weighted by atomic mass is 9.75. The highest BCUT2D eigenvalue weighted by atomic mass is 16.5. The SMILES string of the molecule is CCC(CC1CC1)NC1CCCC12CCOCC2. The van der Waals surface area contributed by atoms with Crippen molar-refractivity contribution in [2.45, 2.75) is 76.8 Å². The minimum absolute atomic E-state index is 0.592. The Morgan fingerprint density at radius 2 is 1.94 bits per heavy atom. The summed E-state index contributed by atoms with van der Waals surface area (Å²) in [5.74, 6) is 1.05. The Bertz CT molecular complexity index is 268. The highest BCUT2D eigenvalue weighted by molar-refractivity contribution is 4.99. The molecule has 2 nitrogen and oxygen atoms in total. The van der Waals surface area contributed by atoms with Crippen LogP contribution in [0.1, 0.15) is 64.7 Å². The third kappa shape index (κ3) is 2.75. The summed E-state index contributed by atoms with van der Waals surface area (Å²) in [5, 5.41) is 4.04. The van der Waals surface area contributed by atoms with Crippen molar-refractivity contribution >= 4 is 0 Å². The van der Waals surface area contributed by atoms with Crippen LogP contribution < -0.4 is 5.32 Å². The molecule has 2 heteroatoms. The highest BCUT2D eigenvalue weighted by Gasteiger charge is 2.44. The Kier molecular flexibility index (Phi) is 3.95. The van der Waals surface area contributed by atoms with Gasteiger partial charge in [-0.3, -0.25) is 0 Å². The molecular formula is C16H29NO. The van der Waals surface area contributed by atoms with E-state index in [2.05, 4.69) is 12.2 Å². The van der Waals surface area contributed by atoms with Crippen molar-refractivity contribution in [1.29, 1.82) is 0 Å². The summed E-state index contributed by atoms with van der Waals surface area (Å²) >= 11 is 0. The molecular weight excluding hydrogens is 222 g/mol. The quantitative estimate of drug-likeness (QED) is 0.807. The Balaban J connectivity index is 1.58. The highest BCUT2D eigenvalue weighted by Crippen LogP contribution is 2.46. The molecule has 2 unspecified atom stereocenters. The minimum atomic E-state index is 0.592. The lowest BCUT2D eigenvalue weighted by molar-refractivity contribution is 0.00209. The van der Waals surface area contributed by atoms with Crippen molar-refractivity contribution in [1.82, 2.24) is 5.32 Å². The predicted molar refractivity (Wildman–Crippen MR) is 74.7 cm³/mol. The molecule has 1 aliphatic heterocycles. The van der Waals surface area contributed by atoms with Crippen LogP contribution in [-0.2, 0) is 4.74 Å². The van der Waals surface area contributed by atoms with Crippen molar-refractivity contribution < 1.29 is 4.74 Å². The first-order chi connectivity index (χ1) is 8.82. The zero-order chi connectivity index (χ0) is 12.4. The molecule has 0 aromatic heterocycles. The maximum Gasteiger partial charge on any atom is 0.0471 e.